The summed E-state index contributed by atoms with van der Waals surface area (Å²) in [6, 6.07) is -0.866. The van der Waals surface area contributed by atoms with Crippen LogP contribution < -0.4 is 0 Å². The van der Waals surface area contributed by atoms with Gasteiger partial charge in [-0.1, -0.05) is 0 Å². The van der Waals surface area contributed by atoms with Crippen LogP contribution in [0.1, 0.15) is 47.5 Å². The smallest absolute Gasteiger partial charge is 0.417 e. The number of likely N-dealkylation sites (tertiary alicyclic amines) is 1. The van der Waals surface area contributed by atoms with E-state index in [1.807, 2.05) is 0 Å². The molecule has 8 nitrogen and oxygen atoms in total. The molecule has 0 unspecified atom stereocenters. The van der Waals surface area contributed by atoms with Gasteiger partial charge in [-0.3, -0.25) is 9.59 Å². The molecule has 3 atom stereocenters. The highest BCUT2D eigenvalue weighted by Crippen LogP contribution is 2.30. The summed E-state index contributed by atoms with van der Waals surface area (Å²) in [7, 11) is 0. The molecule has 0 bridgehead atoms. The Balaban J connectivity index is 2.17. The Kier molecular flexibility index (Phi) is 5.03. The molecule has 0 saturated carbocycles. The minimum absolute atomic E-state index is 0.0990. The van der Waals surface area contributed by atoms with Crippen molar-refractivity contribution in [1.29, 1.82) is 0 Å². The predicted octanol–water partition coefficient (Wildman–Crippen LogP) is 0.994. The number of hydrogen-bond donors (Lipinski definition) is 1. The van der Waals surface area contributed by atoms with Gasteiger partial charge in [0, 0.05) is 6.42 Å². The maximum absolute atomic E-state index is 12.3. The second-order valence-corrected chi connectivity index (χ2v) is 7.53. The average Bonchev–Trinajstić information content (AvgIpc) is 2.81. The van der Waals surface area contributed by atoms with E-state index in [1.54, 1.807) is 34.6 Å². The van der Waals surface area contributed by atoms with Gasteiger partial charge >= 0.3 is 6.09 Å². The van der Waals surface area contributed by atoms with E-state index in [4.69, 9.17) is 14.2 Å². The molecule has 2 aliphatic rings. The summed E-state index contributed by atoms with van der Waals surface area (Å²) in [6.45, 7) is 8.12. The Morgan fingerprint density at radius 1 is 1.38 bits per heavy atom. The second-order valence-electron chi connectivity index (χ2n) is 7.53. The van der Waals surface area contributed by atoms with Crippen molar-refractivity contribution in [2.75, 3.05) is 6.61 Å². The van der Waals surface area contributed by atoms with Crippen molar-refractivity contribution < 1.29 is 33.7 Å². The van der Waals surface area contributed by atoms with E-state index in [0.717, 1.165) is 4.90 Å². The normalized spacial score (nSPS) is 28.8. The first-order valence-electron chi connectivity index (χ1n) is 7.99. The summed E-state index contributed by atoms with van der Waals surface area (Å²) >= 11 is 0. The van der Waals surface area contributed by atoms with Crippen molar-refractivity contribution in [1.82, 2.24) is 4.90 Å². The number of aliphatic hydroxyl groups is 1. The standard InChI is InChI=1S/C16H25NO7/c1-15(2,3)24-14(21)17-9(6-7-11(17)19)12(20)13-10(18)8-22-16(4,5)23-13/h9,12-13,20H,6-8H2,1-5H3/t9-,12-,13+/m0/s1. The van der Waals surface area contributed by atoms with Crippen molar-refractivity contribution in [2.45, 2.75) is 77.1 Å². The number of aliphatic hydroxyl groups excluding tert-OH is 1. The third kappa shape index (κ3) is 4.12. The number of carbonyl (C=O) groups excluding carboxylic acids is 3. The van der Waals surface area contributed by atoms with Gasteiger partial charge in [0.25, 0.3) is 0 Å². The largest absolute Gasteiger partial charge is 0.443 e. The highest BCUT2D eigenvalue weighted by atomic mass is 16.7. The summed E-state index contributed by atoms with van der Waals surface area (Å²) in [4.78, 5) is 37.3. The lowest BCUT2D eigenvalue weighted by molar-refractivity contribution is -0.273. The number of carbonyl (C=O) groups is 3. The van der Waals surface area contributed by atoms with Crippen LogP contribution >= 0.6 is 0 Å². The zero-order valence-electron chi connectivity index (χ0n) is 14.7. The number of hydrogen-bond acceptors (Lipinski definition) is 7. The summed E-state index contributed by atoms with van der Waals surface area (Å²) in [5, 5.41) is 10.6. The van der Waals surface area contributed by atoms with Crippen LogP contribution in [0.15, 0.2) is 0 Å². The monoisotopic (exact) mass is 343 g/mol. The van der Waals surface area contributed by atoms with E-state index in [0.29, 0.717) is 0 Å². The Morgan fingerprint density at radius 2 is 2.00 bits per heavy atom. The van der Waals surface area contributed by atoms with E-state index < -0.39 is 47.4 Å². The molecular formula is C16H25NO7. The molecule has 24 heavy (non-hydrogen) atoms. The highest BCUT2D eigenvalue weighted by molar-refractivity contribution is 5.94. The van der Waals surface area contributed by atoms with Crippen molar-refractivity contribution in [2.24, 2.45) is 0 Å². The number of Topliss-reactive ketones (excluding diaryl/α,β-unsaturated/α-hetero) is 1. The predicted molar refractivity (Wildman–Crippen MR) is 82.0 cm³/mol. The lowest BCUT2D eigenvalue weighted by atomic mass is 9.99. The third-order valence-corrected chi connectivity index (χ3v) is 3.84. The van der Waals surface area contributed by atoms with Crippen LogP contribution in [0.3, 0.4) is 0 Å². The molecule has 0 aromatic heterocycles. The van der Waals surface area contributed by atoms with Gasteiger partial charge in [-0.2, -0.15) is 0 Å². The van der Waals surface area contributed by atoms with Gasteiger partial charge in [0.15, 0.2) is 11.6 Å². The molecule has 2 aliphatic heterocycles. The van der Waals surface area contributed by atoms with Gasteiger partial charge in [0.2, 0.25) is 5.91 Å². The van der Waals surface area contributed by atoms with Gasteiger partial charge in [-0.15, -0.1) is 0 Å². The fourth-order valence-corrected chi connectivity index (χ4v) is 2.77. The first kappa shape index (κ1) is 18.8. The van der Waals surface area contributed by atoms with Crippen LogP contribution in [-0.4, -0.2) is 64.0 Å². The van der Waals surface area contributed by atoms with E-state index in [1.165, 1.54) is 0 Å². The first-order valence-corrected chi connectivity index (χ1v) is 7.99. The zero-order chi connectivity index (χ0) is 18.3. The van der Waals surface area contributed by atoms with Crippen LogP contribution in [0.4, 0.5) is 4.79 Å². The molecule has 2 amide bonds. The fraction of sp³-hybridized carbons (Fsp3) is 0.812. The van der Waals surface area contributed by atoms with Gasteiger partial charge in [-0.25, -0.2) is 9.69 Å². The number of rotatable bonds is 2. The van der Waals surface area contributed by atoms with E-state index in [2.05, 4.69) is 0 Å². The summed E-state index contributed by atoms with van der Waals surface area (Å²) in [5.41, 5.74) is -0.775. The van der Waals surface area contributed by atoms with Gasteiger partial charge in [0.05, 0.1) is 6.04 Å². The first-order chi connectivity index (χ1) is 10.9. The molecule has 0 radical (unpaired) electrons. The number of ketones is 1. The van der Waals surface area contributed by atoms with Gasteiger partial charge in [-0.05, 0) is 41.0 Å². The maximum atomic E-state index is 12.3. The Labute approximate surface area is 141 Å². The molecular weight excluding hydrogens is 318 g/mol. The van der Waals surface area contributed by atoms with Crippen LogP contribution in [0, 0.1) is 0 Å². The lowest BCUT2D eigenvalue weighted by Gasteiger charge is -2.39. The zero-order valence-corrected chi connectivity index (χ0v) is 14.7. The van der Waals surface area contributed by atoms with Crippen LogP contribution in [0.5, 0.6) is 0 Å². The SMILES string of the molecule is CC(C)(C)OC(=O)N1C(=O)CC[C@H]1[C@H](O)[C@@H]1OC(C)(C)OCC1=O. The van der Waals surface area contributed by atoms with Crippen molar-refractivity contribution >= 4 is 17.8 Å². The summed E-state index contributed by atoms with van der Waals surface area (Å²) < 4.78 is 16.0. The summed E-state index contributed by atoms with van der Waals surface area (Å²) in [6.07, 6.45) is -2.97. The fourth-order valence-electron chi connectivity index (χ4n) is 2.77. The van der Waals surface area contributed by atoms with Crippen molar-refractivity contribution in [3.05, 3.63) is 0 Å². The van der Waals surface area contributed by atoms with Gasteiger partial charge < -0.3 is 19.3 Å². The average molecular weight is 343 g/mol. The molecule has 2 saturated heterocycles. The van der Waals surface area contributed by atoms with Crippen LogP contribution in [0.2, 0.25) is 0 Å². The Morgan fingerprint density at radius 3 is 2.58 bits per heavy atom. The molecule has 0 aliphatic carbocycles. The van der Waals surface area contributed by atoms with E-state index >= 15 is 0 Å². The van der Waals surface area contributed by atoms with Crippen molar-refractivity contribution in [3.8, 4) is 0 Å². The van der Waals surface area contributed by atoms with E-state index in [-0.39, 0.29) is 19.4 Å². The maximum Gasteiger partial charge on any atom is 0.417 e. The number of nitrogens with zero attached hydrogens (tertiary/aromatic N) is 1. The molecule has 2 rings (SSSR count). The number of amides is 2. The number of imide groups is 1. The van der Waals surface area contributed by atoms with Crippen molar-refractivity contribution in [3.63, 3.8) is 0 Å². The molecule has 1 N–H and O–H groups in total. The molecule has 2 heterocycles. The third-order valence-electron chi connectivity index (χ3n) is 3.84. The minimum atomic E-state index is -1.33. The molecule has 0 aromatic rings. The molecule has 0 spiro atoms. The minimum Gasteiger partial charge on any atom is -0.443 e. The topological polar surface area (TPSA) is 102 Å². The molecule has 2 fully saturated rings. The summed E-state index contributed by atoms with van der Waals surface area (Å²) in [5.74, 6) is -1.89. The highest BCUT2D eigenvalue weighted by Gasteiger charge is 2.49. The molecule has 0 aromatic carbocycles. The quantitative estimate of drug-likeness (QED) is 0.797. The van der Waals surface area contributed by atoms with E-state index in [9.17, 15) is 19.5 Å². The van der Waals surface area contributed by atoms with Crippen LogP contribution in [0.25, 0.3) is 0 Å². The Hall–Kier alpha value is -1.51. The number of ether oxygens (including phenoxy) is 3. The second kappa shape index (κ2) is 6.42. The van der Waals surface area contributed by atoms with Crippen LogP contribution in [-0.2, 0) is 23.8 Å². The molecule has 136 valence electrons. The lowest BCUT2D eigenvalue weighted by Crippen LogP contribution is -2.57. The Bertz CT molecular complexity index is 537. The van der Waals surface area contributed by atoms with Gasteiger partial charge in [0.1, 0.15) is 24.4 Å². The molecule has 8 heteroatoms.